The molecule has 0 radical (unpaired) electrons. The molecule has 0 spiro atoms. The molecule has 1 atom stereocenters. The van der Waals surface area contributed by atoms with E-state index in [1.165, 1.54) is 7.11 Å². The van der Waals surface area contributed by atoms with Crippen LogP contribution in [-0.2, 0) is 16.1 Å². The Hall–Kier alpha value is -1.49. The summed E-state index contributed by atoms with van der Waals surface area (Å²) in [5.41, 5.74) is 0.895. The molecule has 1 aromatic rings. The van der Waals surface area contributed by atoms with Gasteiger partial charge in [-0.25, -0.2) is 9.97 Å². The van der Waals surface area contributed by atoms with Gasteiger partial charge in [-0.15, -0.1) is 0 Å². The lowest BCUT2D eigenvalue weighted by Gasteiger charge is -2.15. The van der Waals surface area contributed by atoms with E-state index in [0.29, 0.717) is 12.5 Å². The van der Waals surface area contributed by atoms with Crippen LogP contribution in [0.25, 0.3) is 0 Å². The number of esters is 1. The quantitative estimate of drug-likeness (QED) is 0.766. The van der Waals surface area contributed by atoms with Crippen molar-refractivity contribution in [2.24, 2.45) is 5.92 Å². The Morgan fingerprint density at radius 1 is 1.65 bits per heavy atom. The predicted octanol–water partition coefficient (Wildman–Crippen LogP) is 0.826. The Kier molecular flexibility index (Phi) is 3.68. The van der Waals surface area contributed by atoms with Crippen LogP contribution >= 0.6 is 0 Å². The van der Waals surface area contributed by atoms with E-state index >= 15 is 0 Å². The Labute approximate surface area is 101 Å². The van der Waals surface area contributed by atoms with Gasteiger partial charge in [0.2, 0.25) is 0 Å². The molecule has 92 valence electrons. The number of rotatable bonds is 5. The molecule has 0 amide bonds. The van der Waals surface area contributed by atoms with E-state index in [0.717, 1.165) is 24.4 Å². The molecule has 1 aliphatic rings. The Balaban J connectivity index is 1.93. The number of ether oxygens (including phenoxy) is 1. The van der Waals surface area contributed by atoms with Crippen LogP contribution < -0.4 is 5.32 Å². The maximum absolute atomic E-state index is 11.6. The molecule has 0 saturated heterocycles. The molecule has 0 aliphatic heterocycles. The summed E-state index contributed by atoms with van der Waals surface area (Å²) in [7, 11) is 1.42. The Morgan fingerprint density at radius 2 is 2.41 bits per heavy atom. The van der Waals surface area contributed by atoms with Gasteiger partial charge in [-0.1, -0.05) is 0 Å². The first-order valence-electron chi connectivity index (χ1n) is 5.80. The highest BCUT2D eigenvalue weighted by molar-refractivity contribution is 5.76. The van der Waals surface area contributed by atoms with E-state index in [-0.39, 0.29) is 12.0 Å². The first-order chi connectivity index (χ1) is 8.20. The molecule has 1 N–H and O–H groups in total. The van der Waals surface area contributed by atoms with E-state index in [1.54, 1.807) is 6.20 Å². The van der Waals surface area contributed by atoms with Crippen LogP contribution in [-0.4, -0.2) is 29.1 Å². The smallest absolute Gasteiger partial charge is 0.323 e. The largest absolute Gasteiger partial charge is 0.468 e. The zero-order chi connectivity index (χ0) is 12.3. The number of nitrogens with zero attached hydrogens (tertiary/aromatic N) is 2. The summed E-state index contributed by atoms with van der Waals surface area (Å²) < 4.78 is 4.79. The maximum Gasteiger partial charge on any atom is 0.323 e. The first-order valence-corrected chi connectivity index (χ1v) is 5.80. The second-order valence-corrected chi connectivity index (χ2v) is 4.31. The number of aromatic nitrogens is 2. The number of hydrogen-bond acceptors (Lipinski definition) is 5. The van der Waals surface area contributed by atoms with Gasteiger partial charge in [0.15, 0.2) is 0 Å². The van der Waals surface area contributed by atoms with Crippen LogP contribution in [0.15, 0.2) is 12.3 Å². The Bertz CT molecular complexity index is 404. The lowest BCUT2D eigenvalue weighted by molar-refractivity contribution is -0.143. The highest BCUT2D eigenvalue weighted by atomic mass is 16.5. The van der Waals surface area contributed by atoms with Crippen LogP contribution in [0.5, 0.6) is 0 Å². The van der Waals surface area contributed by atoms with E-state index in [1.807, 2.05) is 13.0 Å². The molecule has 5 nitrogen and oxygen atoms in total. The maximum atomic E-state index is 11.6. The minimum atomic E-state index is -0.199. The van der Waals surface area contributed by atoms with Crippen LogP contribution in [0, 0.1) is 12.8 Å². The van der Waals surface area contributed by atoms with Crippen molar-refractivity contribution in [3.63, 3.8) is 0 Å². The Morgan fingerprint density at radius 3 is 3.00 bits per heavy atom. The van der Waals surface area contributed by atoms with Gasteiger partial charge in [0.05, 0.1) is 12.8 Å². The standard InChI is InChI=1S/C12H17N3O2/c1-8-13-6-5-10(15-8)7-14-11(9-3-4-9)12(16)17-2/h5-6,9,11,14H,3-4,7H2,1-2H3. The lowest BCUT2D eigenvalue weighted by atomic mass is 10.2. The molecule has 0 bridgehead atoms. The van der Waals surface area contributed by atoms with Gasteiger partial charge in [0, 0.05) is 12.7 Å². The summed E-state index contributed by atoms with van der Waals surface area (Å²) in [6, 6.07) is 1.65. The zero-order valence-corrected chi connectivity index (χ0v) is 10.1. The SMILES string of the molecule is COC(=O)C(NCc1ccnc(C)n1)C1CC1. The predicted molar refractivity (Wildman–Crippen MR) is 62.1 cm³/mol. The molecule has 1 heterocycles. The minimum Gasteiger partial charge on any atom is -0.468 e. The van der Waals surface area contributed by atoms with Gasteiger partial charge < -0.3 is 4.74 Å². The molecule has 1 aromatic heterocycles. The zero-order valence-electron chi connectivity index (χ0n) is 10.1. The first kappa shape index (κ1) is 12.0. The highest BCUT2D eigenvalue weighted by Gasteiger charge is 2.36. The van der Waals surface area contributed by atoms with E-state index in [9.17, 15) is 4.79 Å². The van der Waals surface area contributed by atoms with Crippen LogP contribution in [0.3, 0.4) is 0 Å². The summed E-state index contributed by atoms with van der Waals surface area (Å²) >= 11 is 0. The van der Waals surface area contributed by atoms with Crippen molar-refractivity contribution in [2.75, 3.05) is 7.11 Å². The monoisotopic (exact) mass is 235 g/mol. The molecule has 1 saturated carbocycles. The van der Waals surface area contributed by atoms with Crippen LogP contribution in [0.2, 0.25) is 0 Å². The fourth-order valence-corrected chi connectivity index (χ4v) is 1.82. The number of aryl methyl sites for hydroxylation is 1. The summed E-state index contributed by atoms with van der Waals surface area (Å²) in [5, 5.41) is 3.21. The van der Waals surface area contributed by atoms with Crippen molar-refractivity contribution in [2.45, 2.75) is 32.4 Å². The van der Waals surface area contributed by atoms with Crippen molar-refractivity contribution >= 4 is 5.97 Å². The molecule has 1 aliphatic carbocycles. The molecule has 0 aromatic carbocycles. The average molecular weight is 235 g/mol. The third kappa shape index (κ3) is 3.23. The minimum absolute atomic E-state index is 0.182. The average Bonchev–Trinajstić information content (AvgIpc) is 3.13. The molecule has 1 unspecified atom stereocenters. The van der Waals surface area contributed by atoms with Gasteiger partial charge in [-0.3, -0.25) is 10.1 Å². The molecule has 1 fully saturated rings. The second-order valence-electron chi connectivity index (χ2n) is 4.31. The lowest BCUT2D eigenvalue weighted by Crippen LogP contribution is -2.39. The van der Waals surface area contributed by atoms with Crippen molar-refractivity contribution in [1.82, 2.24) is 15.3 Å². The highest BCUT2D eigenvalue weighted by Crippen LogP contribution is 2.33. The summed E-state index contributed by atoms with van der Waals surface area (Å²) in [6.07, 6.45) is 3.91. The van der Waals surface area contributed by atoms with Crippen LogP contribution in [0.4, 0.5) is 0 Å². The third-order valence-corrected chi connectivity index (χ3v) is 2.89. The van der Waals surface area contributed by atoms with Gasteiger partial charge in [-0.05, 0) is 31.7 Å². The van der Waals surface area contributed by atoms with E-state index in [4.69, 9.17) is 4.74 Å². The second kappa shape index (κ2) is 5.23. The van der Waals surface area contributed by atoms with Crippen molar-refractivity contribution < 1.29 is 9.53 Å². The fourth-order valence-electron chi connectivity index (χ4n) is 1.82. The van der Waals surface area contributed by atoms with Crippen molar-refractivity contribution in [1.29, 1.82) is 0 Å². The van der Waals surface area contributed by atoms with Gasteiger partial charge in [-0.2, -0.15) is 0 Å². The number of carbonyl (C=O) groups excluding carboxylic acids is 1. The fraction of sp³-hybridized carbons (Fsp3) is 0.583. The molecular weight excluding hydrogens is 218 g/mol. The summed E-state index contributed by atoms with van der Waals surface area (Å²) in [5.74, 6) is 0.981. The van der Waals surface area contributed by atoms with Crippen molar-refractivity contribution in [3.8, 4) is 0 Å². The third-order valence-electron chi connectivity index (χ3n) is 2.89. The number of nitrogens with one attached hydrogen (secondary N) is 1. The molecular formula is C12H17N3O2. The van der Waals surface area contributed by atoms with Gasteiger partial charge in [0.1, 0.15) is 11.9 Å². The molecule has 17 heavy (non-hydrogen) atoms. The van der Waals surface area contributed by atoms with Gasteiger partial charge >= 0.3 is 5.97 Å². The number of carbonyl (C=O) groups is 1. The number of methoxy groups -OCH3 is 1. The summed E-state index contributed by atoms with van der Waals surface area (Å²) in [4.78, 5) is 19.9. The van der Waals surface area contributed by atoms with Gasteiger partial charge in [0.25, 0.3) is 0 Å². The summed E-state index contributed by atoms with van der Waals surface area (Å²) in [6.45, 7) is 2.42. The normalized spacial score (nSPS) is 16.6. The van der Waals surface area contributed by atoms with Crippen molar-refractivity contribution in [3.05, 3.63) is 23.8 Å². The van der Waals surface area contributed by atoms with Crippen LogP contribution in [0.1, 0.15) is 24.4 Å². The topological polar surface area (TPSA) is 64.1 Å². The molecule has 5 heteroatoms. The van der Waals surface area contributed by atoms with E-state index in [2.05, 4.69) is 15.3 Å². The number of hydrogen-bond donors (Lipinski definition) is 1. The molecule has 2 rings (SSSR count). The van der Waals surface area contributed by atoms with E-state index < -0.39 is 0 Å².